The number of carbonyl (C=O) groups excluding carboxylic acids is 1. The van der Waals surface area contributed by atoms with Crippen molar-refractivity contribution in [3.63, 3.8) is 0 Å². The lowest BCUT2D eigenvalue weighted by molar-refractivity contribution is 0.102. The van der Waals surface area contributed by atoms with Gasteiger partial charge >= 0.3 is 5.69 Å². The van der Waals surface area contributed by atoms with E-state index in [0.29, 0.717) is 22.5 Å². The van der Waals surface area contributed by atoms with Crippen LogP contribution in [0, 0.1) is 11.6 Å². The first-order chi connectivity index (χ1) is 21.1. The lowest BCUT2D eigenvalue weighted by Crippen LogP contribution is -2.42. The van der Waals surface area contributed by atoms with E-state index < -0.39 is 34.8 Å². The largest absolute Gasteiger partial charge is 0.452 e. The van der Waals surface area contributed by atoms with Crippen molar-refractivity contribution in [2.24, 2.45) is 7.05 Å². The Morgan fingerprint density at radius 1 is 0.955 bits per heavy atom. The average molecular weight is 598 g/mol. The molecule has 1 N–H and O–H groups in total. The van der Waals surface area contributed by atoms with E-state index in [-0.39, 0.29) is 22.7 Å². The topological polar surface area (TPSA) is 117 Å². The van der Waals surface area contributed by atoms with Gasteiger partial charge in [0.05, 0.1) is 23.9 Å². The fraction of sp³-hybridized carbons (Fsp3) is 0.129. The first-order valence-corrected chi connectivity index (χ1v) is 13.5. The predicted molar refractivity (Wildman–Crippen MR) is 158 cm³/mol. The molecule has 0 saturated heterocycles. The second-order valence-electron chi connectivity index (χ2n) is 10.3. The van der Waals surface area contributed by atoms with Crippen molar-refractivity contribution in [3.05, 3.63) is 124 Å². The van der Waals surface area contributed by atoms with Gasteiger partial charge in [-0.05, 0) is 62.4 Å². The molecule has 6 aromatic rings. The minimum atomic E-state index is -0.908. The third kappa shape index (κ3) is 5.26. The Hall–Kier alpha value is -5.85. The van der Waals surface area contributed by atoms with E-state index in [1.807, 2.05) is 13.2 Å². The van der Waals surface area contributed by atoms with Gasteiger partial charge in [0.25, 0.3) is 11.5 Å². The second-order valence-corrected chi connectivity index (χ2v) is 10.3. The van der Waals surface area contributed by atoms with Gasteiger partial charge in [0.1, 0.15) is 16.9 Å². The Morgan fingerprint density at radius 2 is 1.73 bits per heavy atom. The van der Waals surface area contributed by atoms with Crippen molar-refractivity contribution in [1.82, 2.24) is 28.3 Å². The van der Waals surface area contributed by atoms with E-state index in [0.717, 1.165) is 29.0 Å². The van der Waals surface area contributed by atoms with Gasteiger partial charge in [0.15, 0.2) is 17.3 Å². The summed E-state index contributed by atoms with van der Waals surface area (Å²) in [5, 5.41) is 6.78. The van der Waals surface area contributed by atoms with Gasteiger partial charge in [-0.15, -0.1) is 0 Å². The maximum absolute atomic E-state index is 15.3. The first kappa shape index (κ1) is 28.3. The fourth-order valence-corrected chi connectivity index (χ4v) is 4.67. The number of imidazole rings is 1. The lowest BCUT2D eigenvalue weighted by Gasteiger charge is -2.16. The van der Waals surface area contributed by atoms with Crippen molar-refractivity contribution in [2.45, 2.75) is 19.9 Å². The number of carbonyl (C=O) groups is 1. The molecule has 222 valence electrons. The number of nitrogens with one attached hydrogen (secondary N) is 1. The zero-order valence-electron chi connectivity index (χ0n) is 23.7. The van der Waals surface area contributed by atoms with Crippen LogP contribution in [0.3, 0.4) is 0 Å². The zero-order valence-corrected chi connectivity index (χ0v) is 23.7. The van der Waals surface area contributed by atoms with Crippen molar-refractivity contribution in [2.75, 3.05) is 5.32 Å². The number of rotatable bonds is 7. The quantitative estimate of drug-likeness (QED) is 0.278. The van der Waals surface area contributed by atoms with Gasteiger partial charge in [0, 0.05) is 49.0 Å². The molecule has 1 amide bonds. The summed E-state index contributed by atoms with van der Waals surface area (Å²) in [6.45, 7) is 3.42. The zero-order chi connectivity index (χ0) is 31.1. The number of pyridine rings is 1. The van der Waals surface area contributed by atoms with Crippen molar-refractivity contribution < 1.29 is 18.3 Å². The summed E-state index contributed by atoms with van der Waals surface area (Å²) in [6, 6.07) is 11.6. The van der Waals surface area contributed by atoms with E-state index in [2.05, 4.69) is 15.4 Å². The Morgan fingerprint density at radius 3 is 2.41 bits per heavy atom. The molecule has 11 nitrogen and oxygen atoms in total. The molecular weight excluding hydrogens is 572 g/mol. The summed E-state index contributed by atoms with van der Waals surface area (Å²) in [6.07, 6.45) is 8.02. The number of benzene rings is 2. The lowest BCUT2D eigenvalue weighted by atomic mass is 10.2. The van der Waals surface area contributed by atoms with Crippen LogP contribution in [0.15, 0.2) is 95.3 Å². The third-order valence-corrected chi connectivity index (χ3v) is 6.88. The molecule has 0 atom stereocenters. The molecule has 4 heterocycles. The van der Waals surface area contributed by atoms with Gasteiger partial charge in [-0.2, -0.15) is 5.10 Å². The van der Waals surface area contributed by atoms with E-state index in [1.54, 1.807) is 53.8 Å². The van der Waals surface area contributed by atoms with Crippen molar-refractivity contribution >= 4 is 17.1 Å². The summed E-state index contributed by atoms with van der Waals surface area (Å²) in [7, 11) is 1.85. The number of aryl methyl sites for hydroxylation is 1. The van der Waals surface area contributed by atoms with Gasteiger partial charge in [-0.25, -0.2) is 27.6 Å². The Bertz CT molecular complexity index is 2160. The summed E-state index contributed by atoms with van der Waals surface area (Å²) >= 11 is 0. The molecule has 0 radical (unpaired) electrons. The predicted octanol–water partition coefficient (Wildman–Crippen LogP) is 4.95. The molecule has 0 aliphatic rings. The van der Waals surface area contributed by atoms with Crippen LogP contribution in [0.4, 0.5) is 14.5 Å². The number of ether oxygens (including phenoxy) is 1. The molecule has 4 aromatic heterocycles. The van der Waals surface area contributed by atoms with Gasteiger partial charge in [-0.1, -0.05) is 0 Å². The normalized spacial score (nSPS) is 11.3. The Balaban J connectivity index is 1.30. The first-order valence-electron chi connectivity index (χ1n) is 13.5. The molecule has 0 aliphatic carbocycles. The number of fused-ring (bicyclic) bond motifs is 1. The SMILES string of the molecule is CC(C)n1cc(C(=O)Nc2ccc(Oc3cc(-c4cn(C)cn4)cn4nccc34)c(F)c2)c(=O)n(-c2ccc(F)cc2)c1=O. The highest BCUT2D eigenvalue weighted by molar-refractivity contribution is 6.03. The van der Waals surface area contributed by atoms with Crippen LogP contribution < -0.4 is 21.3 Å². The molecule has 0 saturated carbocycles. The van der Waals surface area contributed by atoms with E-state index >= 15 is 4.39 Å². The number of halogens is 2. The van der Waals surface area contributed by atoms with Crippen LogP contribution in [-0.4, -0.2) is 34.2 Å². The highest BCUT2D eigenvalue weighted by Gasteiger charge is 2.21. The highest BCUT2D eigenvalue weighted by atomic mass is 19.1. The molecule has 2 aromatic carbocycles. The van der Waals surface area contributed by atoms with E-state index in [4.69, 9.17) is 4.74 Å². The number of hydrogen-bond acceptors (Lipinski definition) is 6. The van der Waals surface area contributed by atoms with Gasteiger partial charge in [0.2, 0.25) is 0 Å². The summed E-state index contributed by atoms with van der Waals surface area (Å²) in [4.78, 5) is 44.0. The molecule has 0 unspecified atom stereocenters. The van der Waals surface area contributed by atoms with Crippen LogP contribution >= 0.6 is 0 Å². The molecule has 0 spiro atoms. The molecule has 13 heteroatoms. The Labute approximate surface area is 248 Å². The molecule has 6 rings (SSSR count). The number of nitrogens with zero attached hydrogens (tertiary/aromatic N) is 6. The summed E-state index contributed by atoms with van der Waals surface area (Å²) in [5.41, 5.74) is 0.154. The monoisotopic (exact) mass is 597 g/mol. The number of amides is 1. The minimum absolute atomic E-state index is 0.0478. The second kappa shape index (κ2) is 11.1. The molecule has 0 fully saturated rings. The standard InChI is InChI=1S/C31H25F2N7O4/c1-18(2)38-15-23(30(42)40(31(38)43)22-7-4-20(32)5-8-22)29(41)36-21-6-9-27(24(33)13-21)44-28-12-19(25-16-37(3)17-34-25)14-39-26(28)10-11-35-39/h4-18H,1-3H3,(H,36,41). The smallest absolute Gasteiger partial charge is 0.335 e. The molecular formula is C31H25F2N7O4. The van der Waals surface area contributed by atoms with E-state index in [9.17, 15) is 18.8 Å². The van der Waals surface area contributed by atoms with Crippen LogP contribution in [0.25, 0.3) is 22.5 Å². The summed E-state index contributed by atoms with van der Waals surface area (Å²) < 4.78 is 40.2. The number of anilines is 1. The molecule has 0 bridgehead atoms. The summed E-state index contributed by atoms with van der Waals surface area (Å²) in [5.74, 6) is -1.98. The highest BCUT2D eigenvalue weighted by Crippen LogP contribution is 2.33. The molecule has 0 aliphatic heterocycles. The number of hydrogen-bond donors (Lipinski definition) is 1. The Kier molecular flexibility index (Phi) is 7.13. The van der Waals surface area contributed by atoms with Crippen molar-refractivity contribution in [3.8, 4) is 28.4 Å². The van der Waals surface area contributed by atoms with Crippen molar-refractivity contribution in [1.29, 1.82) is 0 Å². The van der Waals surface area contributed by atoms with Gasteiger partial charge < -0.3 is 14.6 Å². The van der Waals surface area contributed by atoms with E-state index in [1.165, 1.54) is 28.8 Å². The maximum Gasteiger partial charge on any atom is 0.335 e. The van der Waals surface area contributed by atoms with Crippen LogP contribution in [0.2, 0.25) is 0 Å². The van der Waals surface area contributed by atoms with Crippen LogP contribution in [-0.2, 0) is 7.05 Å². The third-order valence-electron chi connectivity index (χ3n) is 6.88. The van der Waals surface area contributed by atoms with Crippen LogP contribution in [0.5, 0.6) is 11.5 Å². The molecule has 44 heavy (non-hydrogen) atoms. The fourth-order valence-electron chi connectivity index (χ4n) is 4.67. The maximum atomic E-state index is 15.3. The van der Waals surface area contributed by atoms with Crippen LogP contribution in [0.1, 0.15) is 30.2 Å². The number of aromatic nitrogens is 6. The minimum Gasteiger partial charge on any atom is -0.452 e. The van der Waals surface area contributed by atoms with Gasteiger partial charge in [-0.3, -0.25) is 14.2 Å². The average Bonchev–Trinajstić information content (AvgIpc) is 3.64.